The Kier molecular flexibility index (Phi) is 8.08. The number of nitro benzene ring substituents is 3. The molecule has 16 heteroatoms. The molecule has 34 heavy (non-hydrogen) atoms. The number of hydrazone groups is 1. The van der Waals surface area contributed by atoms with Gasteiger partial charge in [0, 0.05) is 5.56 Å². The quantitative estimate of drug-likeness (QED) is 0.284. The van der Waals surface area contributed by atoms with Gasteiger partial charge >= 0.3 is 0 Å². The number of benzene rings is 2. The van der Waals surface area contributed by atoms with E-state index < -0.39 is 55.8 Å². The van der Waals surface area contributed by atoms with Crippen molar-refractivity contribution < 1.29 is 33.8 Å². The summed E-state index contributed by atoms with van der Waals surface area (Å²) in [6.45, 7) is -0.561. The highest BCUT2D eigenvalue weighted by molar-refractivity contribution is 5.97. The highest BCUT2D eigenvalue weighted by atomic mass is 16.6. The van der Waals surface area contributed by atoms with Gasteiger partial charge in [-0.2, -0.15) is 5.10 Å². The molecule has 178 valence electrons. The normalized spacial score (nSPS) is 10.4. The lowest BCUT2D eigenvalue weighted by Gasteiger charge is -2.09. The highest BCUT2D eigenvalue weighted by Crippen LogP contribution is 2.32. The topological polar surface area (TPSA) is 218 Å². The van der Waals surface area contributed by atoms with Crippen LogP contribution in [-0.4, -0.2) is 53.6 Å². The maximum Gasteiger partial charge on any atom is 0.292 e. The maximum atomic E-state index is 12.2. The zero-order valence-corrected chi connectivity index (χ0v) is 17.5. The summed E-state index contributed by atoms with van der Waals surface area (Å²) < 4.78 is 10.1. The van der Waals surface area contributed by atoms with Gasteiger partial charge in [-0.25, -0.2) is 5.43 Å². The van der Waals surface area contributed by atoms with Crippen molar-refractivity contribution in [3.05, 3.63) is 71.8 Å². The molecule has 0 atom stereocenters. The minimum atomic E-state index is -1.06. The summed E-state index contributed by atoms with van der Waals surface area (Å²) in [6, 6.07) is 5.36. The van der Waals surface area contributed by atoms with Crippen molar-refractivity contribution in [3.63, 3.8) is 0 Å². The molecule has 0 aliphatic heterocycles. The number of hydrogen-bond acceptors (Lipinski definition) is 11. The second kappa shape index (κ2) is 10.9. The van der Waals surface area contributed by atoms with E-state index in [1.54, 1.807) is 0 Å². The predicted molar refractivity (Wildman–Crippen MR) is 114 cm³/mol. The van der Waals surface area contributed by atoms with Crippen LogP contribution >= 0.6 is 0 Å². The Morgan fingerprint density at radius 3 is 2.03 bits per heavy atom. The highest BCUT2D eigenvalue weighted by Gasteiger charge is 2.29. The van der Waals surface area contributed by atoms with Crippen LogP contribution < -0.4 is 20.2 Å². The standard InChI is InChI=1S/C18H16N6O10/c1-33-15-4-3-10(5-16(15)34-2)18(26)19-9-17(25)21-20-8-12-13(23(29)30)6-11(22(27)28)7-14(12)24(31)32/h3-8H,9H2,1-2H3,(H,19,26)(H,21,25)/b20-8-. The van der Waals surface area contributed by atoms with E-state index in [4.69, 9.17) is 9.47 Å². The lowest BCUT2D eigenvalue weighted by atomic mass is 10.1. The third kappa shape index (κ3) is 5.96. The first kappa shape index (κ1) is 25.1. The van der Waals surface area contributed by atoms with Crippen LogP contribution in [0.25, 0.3) is 0 Å². The molecule has 0 aliphatic carbocycles. The molecule has 0 fully saturated rings. The van der Waals surface area contributed by atoms with Gasteiger partial charge < -0.3 is 14.8 Å². The lowest BCUT2D eigenvalue weighted by Crippen LogP contribution is -2.34. The predicted octanol–water partition coefficient (Wildman–Crippen LogP) is 1.31. The third-order valence-corrected chi connectivity index (χ3v) is 4.16. The summed E-state index contributed by atoms with van der Waals surface area (Å²) >= 11 is 0. The SMILES string of the molecule is COc1ccc(C(=O)NCC(=O)N/N=C\c2c([N+](=O)[O-])cc([N+](=O)[O-])cc2[N+](=O)[O-])cc1OC. The molecule has 2 N–H and O–H groups in total. The van der Waals surface area contributed by atoms with Crippen molar-refractivity contribution in [1.82, 2.24) is 10.7 Å². The molecule has 0 aliphatic rings. The van der Waals surface area contributed by atoms with Crippen LogP contribution in [0.5, 0.6) is 11.5 Å². The summed E-state index contributed by atoms with van der Waals surface area (Å²) in [4.78, 5) is 54.3. The first-order valence-electron chi connectivity index (χ1n) is 9.02. The van der Waals surface area contributed by atoms with Gasteiger partial charge in [0.05, 0.1) is 53.9 Å². The molecule has 0 saturated heterocycles. The summed E-state index contributed by atoms with van der Waals surface area (Å²) in [6.07, 6.45) is 0.605. The van der Waals surface area contributed by atoms with Crippen LogP contribution in [0.15, 0.2) is 35.4 Å². The molecule has 2 rings (SSSR count). The molecule has 2 amide bonds. The summed E-state index contributed by atoms with van der Waals surface area (Å²) in [5.74, 6) is -0.824. The maximum absolute atomic E-state index is 12.2. The molecule has 2 aromatic rings. The van der Waals surface area contributed by atoms with E-state index in [2.05, 4.69) is 10.4 Å². The Hall–Kier alpha value is -5.15. The molecule has 0 unspecified atom stereocenters. The number of nitrogens with one attached hydrogen (secondary N) is 2. The number of nitro groups is 3. The average molecular weight is 476 g/mol. The molecule has 16 nitrogen and oxygen atoms in total. The fraction of sp³-hybridized carbons (Fsp3) is 0.167. The van der Waals surface area contributed by atoms with E-state index in [1.807, 2.05) is 5.43 Å². The molecule has 0 heterocycles. The number of ether oxygens (including phenoxy) is 2. The third-order valence-electron chi connectivity index (χ3n) is 4.16. The van der Waals surface area contributed by atoms with Gasteiger partial charge in [-0.05, 0) is 18.2 Å². The number of nitrogens with zero attached hydrogens (tertiary/aromatic N) is 4. The summed E-state index contributed by atoms with van der Waals surface area (Å²) in [5.41, 5.74) is -1.35. The minimum absolute atomic E-state index is 0.158. The van der Waals surface area contributed by atoms with Gasteiger partial charge in [0.1, 0.15) is 0 Å². The number of carbonyl (C=O) groups is 2. The fourth-order valence-corrected chi connectivity index (χ4v) is 2.60. The Morgan fingerprint density at radius 1 is 0.941 bits per heavy atom. The van der Waals surface area contributed by atoms with Gasteiger partial charge in [-0.3, -0.25) is 39.9 Å². The van der Waals surface area contributed by atoms with Crippen molar-refractivity contribution in [2.45, 2.75) is 0 Å². The van der Waals surface area contributed by atoms with Crippen molar-refractivity contribution in [2.24, 2.45) is 5.10 Å². The fourth-order valence-electron chi connectivity index (χ4n) is 2.60. The summed E-state index contributed by atoms with van der Waals surface area (Å²) in [5, 5.41) is 39.0. The average Bonchev–Trinajstić information content (AvgIpc) is 2.81. The number of amides is 2. The lowest BCUT2D eigenvalue weighted by molar-refractivity contribution is -0.403. The van der Waals surface area contributed by atoms with E-state index in [1.165, 1.54) is 32.4 Å². The van der Waals surface area contributed by atoms with Crippen molar-refractivity contribution in [1.29, 1.82) is 0 Å². The van der Waals surface area contributed by atoms with Gasteiger partial charge in [0.15, 0.2) is 17.1 Å². The van der Waals surface area contributed by atoms with Crippen LogP contribution in [-0.2, 0) is 4.79 Å². The monoisotopic (exact) mass is 476 g/mol. The van der Waals surface area contributed by atoms with Crippen LogP contribution in [0.4, 0.5) is 17.1 Å². The number of non-ortho nitro benzene ring substituents is 1. The molecule has 0 bridgehead atoms. The number of carbonyl (C=O) groups excluding carboxylic acids is 2. The van der Waals surface area contributed by atoms with Crippen molar-refractivity contribution in [3.8, 4) is 11.5 Å². The van der Waals surface area contributed by atoms with Gasteiger partial charge in [-0.15, -0.1) is 0 Å². The number of methoxy groups -OCH3 is 2. The first-order valence-corrected chi connectivity index (χ1v) is 9.02. The molecule has 2 aromatic carbocycles. The van der Waals surface area contributed by atoms with E-state index >= 15 is 0 Å². The van der Waals surface area contributed by atoms with Crippen LogP contribution in [0.2, 0.25) is 0 Å². The van der Waals surface area contributed by atoms with E-state index in [-0.39, 0.29) is 11.3 Å². The van der Waals surface area contributed by atoms with Crippen LogP contribution in [0.3, 0.4) is 0 Å². The summed E-state index contributed by atoms with van der Waals surface area (Å²) in [7, 11) is 2.80. The Bertz CT molecular complexity index is 1160. The zero-order chi connectivity index (χ0) is 25.4. The smallest absolute Gasteiger partial charge is 0.292 e. The second-order valence-electron chi connectivity index (χ2n) is 6.21. The molecular formula is C18H16N6O10. The molecule has 0 aromatic heterocycles. The van der Waals surface area contributed by atoms with Gasteiger partial charge in [0.25, 0.3) is 28.9 Å². The molecule has 0 radical (unpaired) electrons. The minimum Gasteiger partial charge on any atom is -0.493 e. The molecule has 0 saturated carbocycles. The largest absolute Gasteiger partial charge is 0.493 e. The molecular weight excluding hydrogens is 460 g/mol. The van der Waals surface area contributed by atoms with E-state index in [0.717, 1.165) is 0 Å². The number of rotatable bonds is 10. The molecule has 0 spiro atoms. The van der Waals surface area contributed by atoms with Crippen LogP contribution in [0.1, 0.15) is 15.9 Å². The zero-order valence-electron chi connectivity index (χ0n) is 17.5. The van der Waals surface area contributed by atoms with Gasteiger partial charge in [0.2, 0.25) is 0 Å². The number of hydrogen-bond donors (Lipinski definition) is 2. The van der Waals surface area contributed by atoms with E-state index in [0.29, 0.717) is 24.1 Å². The Morgan fingerprint density at radius 2 is 1.53 bits per heavy atom. The van der Waals surface area contributed by atoms with Gasteiger partial charge in [-0.1, -0.05) is 0 Å². The Balaban J connectivity index is 2.12. The van der Waals surface area contributed by atoms with Crippen molar-refractivity contribution in [2.75, 3.05) is 20.8 Å². The van der Waals surface area contributed by atoms with Crippen molar-refractivity contribution >= 4 is 35.1 Å². The first-order chi connectivity index (χ1) is 16.1. The van der Waals surface area contributed by atoms with Crippen LogP contribution in [0, 0.1) is 30.3 Å². The van der Waals surface area contributed by atoms with E-state index in [9.17, 15) is 39.9 Å². The Labute approximate surface area is 189 Å². The second-order valence-corrected chi connectivity index (χ2v) is 6.21.